The summed E-state index contributed by atoms with van der Waals surface area (Å²) in [5.74, 6) is 3.68. The summed E-state index contributed by atoms with van der Waals surface area (Å²) < 4.78 is 2.64. The average Bonchev–Trinajstić information content (AvgIpc) is 3.62. The molecule has 1 radical (unpaired) electrons. The van der Waals surface area contributed by atoms with Crippen molar-refractivity contribution in [2.24, 2.45) is 23.7 Å². The van der Waals surface area contributed by atoms with E-state index in [1.165, 1.54) is 114 Å². The first-order chi connectivity index (χ1) is 27.8. The van der Waals surface area contributed by atoms with Crippen LogP contribution in [0.3, 0.4) is 0 Å². The number of thiophene rings is 1. The third kappa shape index (κ3) is 9.34. The fraction of sp³-hybridized carbons (Fsp3) is 0.358. The van der Waals surface area contributed by atoms with Crippen LogP contribution in [0.15, 0.2) is 116 Å². The van der Waals surface area contributed by atoms with Gasteiger partial charge in [-0.2, -0.15) is 11.3 Å². The Kier molecular flexibility index (Phi) is 12.9. The van der Waals surface area contributed by atoms with Gasteiger partial charge in [-0.25, -0.2) is 0 Å². The fourth-order valence-corrected chi connectivity index (χ4v) is 12.9. The standard InChI is InChI=1S/C32H28NS.C21H28NSi.Ir/c1-2-4-23(5-3-1)25-11-13-31-29(19-25)28-12-10-26(20-32(28)34-31)30-18-22(14-15-33-30)17-27-16-21-6-8-24(27)9-7-21;1-23(2,3)21-16-22-20(18-12-8-5-9-13-18)15-19(21)14-17-10-6-4-7-11-17;/h1-5,11-15,18-21,24,27H,6-9,16-17H2;5,8-9,12,15-17H,4,6-7,10-11,14H2,1-3H3;/q2*-1;. The zero-order chi connectivity index (χ0) is 38.8. The Morgan fingerprint density at radius 2 is 1.47 bits per heavy atom. The first-order valence-electron chi connectivity index (χ1n) is 21.7. The number of pyridine rings is 2. The number of nitrogens with zero attached hydrogens (tertiary/aromatic N) is 2. The largest absolute Gasteiger partial charge is 0.305 e. The Morgan fingerprint density at radius 1 is 0.672 bits per heavy atom. The molecule has 5 heteroatoms. The summed E-state index contributed by atoms with van der Waals surface area (Å²) in [5.41, 5.74) is 9.88. The van der Waals surface area contributed by atoms with Crippen LogP contribution in [0.5, 0.6) is 0 Å². The molecule has 0 spiro atoms. The quantitative estimate of drug-likeness (QED) is 0.112. The van der Waals surface area contributed by atoms with Crippen LogP contribution in [-0.4, -0.2) is 18.0 Å². The van der Waals surface area contributed by atoms with Crippen molar-refractivity contribution in [2.45, 2.75) is 96.7 Å². The summed E-state index contributed by atoms with van der Waals surface area (Å²) in [4.78, 5) is 9.51. The molecule has 4 aliphatic carbocycles. The first kappa shape index (κ1) is 41.0. The molecular formula is C53H56IrN2SSi-2. The van der Waals surface area contributed by atoms with Crippen LogP contribution in [0.1, 0.15) is 75.3 Å². The number of rotatable bonds is 8. The van der Waals surface area contributed by atoms with E-state index in [1.54, 1.807) is 10.8 Å². The number of hydrogen-bond acceptors (Lipinski definition) is 3. The van der Waals surface area contributed by atoms with E-state index in [9.17, 15) is 0 Å². The fourth-order valence-electron chi connectivity index (χ4n) is 10.2. The van der Waals surface area contributed by atoms with Crippen LogP contribution in [0.25, 0.3) is 53.8 Å². The maximum absolute atomic E-state index is 4.77. The first-order valence-corrected chi connectivity index (χ1v) is 26.0. The van der Waals surface area contributed by atoms with Gasteiger partial charge in [-0.15, -0.1) is 59.7 Å². The SMILES string of the molecule is C[Si](C)(C)c1cnc(-c2[c-]cccc2)cc1CC1CCCCC1.[Ir].[c-]1cc2c(cc1-c1cc(CC3CC4CCC3CC4)ccn1)sc1ccc(-c3ccccc3)cc12. The molecule has 58 heavy (non-hydrogen) atoms. The van der Waals surface area contributed by atoms with E-state index in [-0.39, 0.29) is 20.1 Å². The zero-order valence-corrected chi connectivity index (χ0v) is 38.6. The second kappa shape index (κ2) is 18.3. The maximum Gasteiger partial charge on any atom is 0.0798 e. The van der Waals surface area contributed by atoms with Gasteiger partial charge in [0.2, 0.25) is 0 Å². The Labute approximate surface area is 365 Å². The second-order valence-corrected chi connectivity index (χ2v) is 24.4. The van der Waals surface area contributed by atoms with Gasteiger partial charge in [0, 0.05) is 37.2 Å². The Balaban J connectivity index is 0.000000172. The summed E-state index contributed by atoms with van der Waals surface area (Å²) in [6, 6.07) is 43.9. The van der Waals surface area contributed by atoms with Gasteiger partial charge in [0.1, 0.15) is 0 Å². The molecule has 3 aromatic heterocycles. The van der Waals surface area contributed by atoms with Gasteiger partial charge in [-0.3, -0.25) is 0 Å². The van der Waals surface area contributed by atoms with Crippen molar-refractivity contribution in [3.63, 3.8) is 0 Å². The van der Waals surface area contributed by atoms with Crippen molar-refractivity contribution in [2.75, 3.05) is 0 Å². The second-order valence-electron chi connectivity index (χ2n) is 18.3. The molecule has 0 aliphatic heterocycles. The van der Waals surface area contributed by atoms with E-state index in [4.69, 9.17) is 9.97 Å². The van der Waals surface area contributed by atoms with Gasteiger partial charge in [0.05, 0.1) is 8.07 Å². The summed E-state index contributed by atoms with van der Waals surface area (Å²) in [5, 5.41) is 4.15. The van der Waals surface area contributed by atoms with Gasteiger partial charge < -0.3 is 9.97 Å². The van der Waals surface area contributed by atoms with E-state index in [1.807, 2.05) is 29.7 Å². The Hall–Kier alpha value is -3.73. The van der Waals surface area contributed by atoms with Crippen molar-refractivity contribution >= 4 is 44.8 Å². The van der Waals surface area contributed by atoms with E-state index in [0.717, 1.165) is 46.2 Å². The van der Waals surface area contributed by atoms with Crippen LogP contribution in [0, 0.1) is 35.8 Å². The minimum absolute atomic E-state index is 0. The molecule has 2 nitrogen and oxygen atoms in total. The van der Waals surface area contributed by atoms with Gasteiger partial charge in [0.25, 0.3) is 0 Å². The normalized spacial score (nSPS) is 19.4. The van der Waals surface area contributed by atoms with Crippen LogP contribution >= 0.6 is 11.3 Å². The topological polar surface area (TPSA) is 25.8 Å². The Bertz CT molecular complexity index is 2440. The summed E-state index contributed by atoms with van der Waals surface area (Å²) >= 11 is 1.87. The van der Waals surface area contributed by atoms with E-state index in [0.29, 0.717) is 0 Å². The molecule has 2 bridgehead atoms. The van der Waals surface area contributed by atoms with Crippen LogP contribution in [0.4, 0.5) is 0 Å². The van der Waals surface area contributed by atoms with Crippen molar-refractivity contribution in [3.05, 3.63) is 139 Å². The number of aromatic nitrogens is 2. The summed E-state index contributed by atoms with van der Waals surface area (Å²) in [7, 11) is -1.36. The van der Waals surface area contributed by atoms with Crippen LogP contribution < -0.4 is 5.19 Å². The molecule has 11 rings (SSSR count). The Morgan fingerprint density at radius 3 is 2.21 bits per heavy atom. The van der Waals surface area contributed by atoms with Crippen molar-refractivity contribution in [3.8, 4) is 33.6 Å². The minimum Gasteiger partial charge on any atom is -0.305 e. The number of fused-ring (bicyclic) bond motifs is 6. The molecule has 0 saturated heterocycles. The molecular weight excluding hydrogens is 917 g/mol. The predicted molar refractivity (Wildman–Crippen MR) is 246 cm³/mol. The van der Waals surface area contributed by atoms with Crippen molar-refractivity contribution in [1.29, 1.82) is 0 Å². The monoisotopic (exact) mass is 973 g/mol. The zero-order valence-electron chi connectivity index (χ0n) is 34.4. The molecule has 4 fully saturated rings. The predicted octanol–water partition coefficient (Wildman–Crippen LogP) is 14.2. The summed E-state index contributed by atoms with van der Waals surface area (Å²) in [6.45, 7) is 7.30. The molecule has 4 aliphatic rings. The molecule has 1 atom stereocenters. The molecule has 4 saturated carbocycles. The number of benzene rings is 4. The third-order valence-corrected chi connectivity index (χ3v) is 16.5. The molecule has 7 aromatic rings. The maximum atomic E-state index is 4.77. The smallest absolute Gasteiger partial charge is 0.0798 e. The number of hydrogen-bond donors (Lipinski definition) is 0. The van der Waals surface area contributed by atoms with Gasteiger partial charge >= 0.3 is 0 Å². The summed E-state index contributed by atoms with van der Waals surface area (Å²) in [6.07, 6.45) is 21.0. The van der Waals surface area contributed by atoms with E-state index in [2.05, 4.69) is 129 Å². The van der Waals surface area contributed by atoms with E-state index < -0.39 is 8.07 Å². The van der Waals surface area contributed by atoms with E-state index >= 15 is 0 Å². The van der Waals surface area contributed by atoms with Crippen LogP contribution in [0.2, 0.25) is 19.6 Å². The molecule has 0 N–H and O–H groups in total. The molecule has 1 unspecified atom stereocenters. The van der Waals surface area contributed by atoms with Gasteiger partial charge in [-0.1, -0.05) is 136 Å². The average molecular weight is 973 g/mol. The van der Waals surface area contributed by atoms with Gasteiger partial charge in [0.15, 0.2) is 0 Å². The minimum atomic E-state index is -1.36. The molecule has 299 valence electrons. The van der Waals surface area contributed by atoms with Gasteiger partial charge in [-0.05, 0) is 106 Å². The van der Waals surface area contributed by atoms with Crippen LogP contribution in [-0.2, 0) is 32.9 Å². The van der Waals surface area contributed by atoms with Crippen molar-refractivity contribution < 1.29 is 20.1 Å². The molecule has 3 heterocycles. The van der Waals surface area contributed by atoms with Crippen molar-refractivity contribution in [1.82, 2.24) is 9.97 Å². The molecule has 4 aromatic carbocycles. The molecule has 0 amide bonds. The third-order valence-electron chi connectivity index (χ3n) is 13.3.